The van der Waals surface area contributed by atoms with Crippen molar-refractivity contribution in [2.75, 3.05) is 18.1 Å². The van der Waals surface area contributed by atoms with E-state index in [1.54, 1.807) is 6.92 Å². The van der Waals surface area contributed by atoms with Crippen molar-refractivity contribution in [1.82, 2.24) is 0 Å². The van der Waals surface area contributed by atoms with E-state index in [9.17, 15) is 17.6 Å². The van der Waals surface area contributed by atoms with Gasteiger partial charge < -0.3 is 16.2 Å². The van der Waals surface area contributed by atoms with E-state index in [-0.39, 0.29) is 11.6 Å². The number of nitrogen functional groups attached to an aromatic ring is 2. The number of anilines is 2. The van der Waals surface area contributed by atoms with Crippen molar-refractivity contribution in [2.45, 2.75) is 123 Å². The summed E-state index contributed by atoms with van der Waals surface area (Å²) in [4.78, 5) is 0. The first-order valence-electron chi connectivity index (χ1n) is 16.8. The lowest BCUT2D eigenvalue weighted by atomic mass is 9.44. The molecule has 1 aromatic rings. The van der Waals surface area contributed by atoms with Crippen molar-refractivity contribution in [2.24, 2.45) is 52.3 Å². The number of halogens is 4. The molecule has 4 saturated carbocycles. The molecule has 4 aliphatic rings. The standard InChI is InChI=1S/C35H54F4N2O/c1-22(21-42-35(38,39)34(36,37)30-14-12-25(40)20-31(30)41)8-7-9-23(2)27-15-16-28-26-13-11-24-10-5-6-18-32(24,3)29(26)17-19-33(27,28)4/h12,14,20,22-24,26-29H,5-11,13,15-19,21,40-41H2,1-4H3/t22?,23?,24?,26-,27+,28-,29-,32-,33+/m0/s1. The van der Waals surface area contributed by atoms with Gasteiger partial charge in [0.15, 0.2) is 0 Å². The zero-order valence-electron chi connectivity index (χ0n) is 26.2. The molecule has 4 aliphatic carbocycles. The highest BCUT2D eigenvalue weighted by molar-refractivity contribution is 5.58. The lowest BCUT2D eigenvalue weighted by Crippen LogP contribution is -2.53. The number of nitrogens with two attached hydrogens (primary N) is 2. The van der Waals surface area contributed by atoms with Crippen molar-refractivity contribution in [3.63, 3.8) is 0 Å². The minimum atomic E-state index is -4.67. The molecular weight excluding hydrogens is 540 g/mol. The summed E-state index contributed by atoms with van der Waals surface area (Å²) in [6, 6.07) is 3.04. The molecule has 238 valence electrons. The SMILES string of the molecule is CC(CCCC(C)[C@H]1CC[C@H]2[C@@H]3CCC4CCCC[C@]4(C)[C@H]3CC[C@]12C)COC(F)(F)C(F)(F)c1ccc(N)cc1N. The van der Waals surface area contributed by atoms with Gasteiger partial charge in [0, 0.05) is 11.4 Å². The van der Waals surface area contributed by atoms with Gasteiger partial charge in [0.25, 0.3) is 0 Å². The van der Waals surface area contributed by atoms with Gasteiger partial charge in [-0.2, -0.15) is 17.6 Å². The summed E-state index contributed by atoms with van der Waals surface area (Å²) >= 11 is 0. The maximum atomic E-state index is 14.7. The second-order valence-corrected chi connectivity index (χ2v) is 15.4. The van der Waals surface area contributed by atoms with Crippen LogP contribution in [0.1, 0.15) is 117 Å². The molecule has 9 atom stereocenters. The molecule has 0 heterocycles. The van der Waals surface area contributed by atoms with Crippen LogP contribution in [0.2, 0.25) is 0 Å². The van der Waals surface area contributed by atoms with E-state index >= 15 is 0 Å². The Morgan fingerprint density at radius 1 is 0.881 bits per heavy atom. The quantitative estimate of drug-likeness (QED) is 0.209. The van der Waals surface area contributed by atoms with Crippen LogP contribution in [-0.4, -0.2) is 12.7 Å². The molecule has 4 fully saturated rings. The zero-order valence-corrected chi connectivity index (χ0v) is 26.2. The second-order valence-electron chi connectivity index (χ2n) is 15.4. The van der Waals surface area contributed by atoms with E-state index in [0.717, 1.165) is 54.7 Å². The first-order chi connectivity index (χ1) is 19.7. The topological polar surface area (TPSA) is 61.3 Å². The van der Waals surface area contributed by atoms with Gasteiger partial charge in [-0.3, -0.25) is 0 Å². The number of rotatable bonds is 10. The average Bonchev–Trinajstić information content (AvgIpc) is 3.28. The molecule has 3 unspecified atom stereocenters. The molecule has 7 heteroatoms. The van der Waals surface area contributed by atoms with E-state index < -0.39 is 29.9 Å². The summed E-state index contributed by atoms with van der Waals surface area (Å²) < 4.78 is 63.1. The Kier molecular flexibility index (Phi) is 8.95. The third kappa shape index (κ3) is 5.58. The van der Waals surface area contributed by atoms with Gasteiger partial charge in [-0.25, -0.2) is 0 Å². The lowest BCUT2D eigenvalue weighted by Gasteiger charge is -2.61. The maximum absolute atomic E-state index is 14.7. The molecular formula is C35H54F4N2O. The predicted octanol–water partition coefficient (Wildman–Crippen LogP) is 10.0. The van der Waals surface area contributed by atoms with Crippen LogP contribution in [0.4, 0.5) is 28.9 Å². The van der Waals surface area contributed by atoms with Gasteiger partial charge in [0.05, 0.1) is 12.2 Å². The Morgan fingerprint density at radius 2 is 1.62 bits per heavy atom. The van der Waals surface area contributed by atoms with Crippen molar-refractivity contribution < 1.29 is 22.3 Å². The molecule has 1 aromatic carbocycles. The monoisotopic (exact) mass is 594 g/mol. The Balaban J connectivity index is 1.11. The van der Waals surface area contributed by atoms with Gasteiger partial charge in [-0.05, 0) is 128 Å². The Bertz CT molecular complexity index is 1100. The second kappa shape index (κ2) is 11.8. The van der Waals surface area contributed by atoms with Crippen LogP contribution in [0.25, 0.3) is 0 Å². The van der Waals surface area contributed by atoms with Crippen LogP contribution < -0.4 is 11.5 Å². The first-order valence-corrected chi connectivity index (χ1v) is 16.8. The molecule has 0 radical (unpaired) electrons. The first kappa shape index (κ1) is 31.9. The third-order valence-electron chi connectivity index (χ3n) is 13.0. The van der Waals surface area contributed by atoms with Crippen LogP contribution in [-0.2, 0) is 10.7 Å². The molecule has 0 aliphatic heterocycles. The summed E-state index contributed by atoms with van der Waals surface area (Å²) in [5.74, 6) is 0.0606. The normalized spacial score (nSPS) is 36.5. The molecule has 0 aromatic heterocycles. The lowest BCUT2D eigenvalue weighted by molar-refractivity contribution is -0.356. The Morgan fingerprint density at radius 3 is 2.36 bits per heavy atom. The highest BCUT2D eigenvalue weighted by atomic mass is 19.3. The molecule has 0 spiro atoms. The summed E-state index contributed by atoms with van der Waals surface area (Å²) in [6.45, 7) is 8.98. The van der Waals surface area contributed by atoms with Crippen molar-refractivity contribution >= 4 is 11.4 Å². The third-order valence-corrected chi connectivity index (χ3v) is 13.0. The Hall–Kier alpha value is -1.50. The fourth-order valence-corrected chi connectivity index (χ4v) is 10.7. The van der Waals surface area contributed by atoms with Gasteiger partial charge in [0.2, 0.25) is 0 Å². The van der Waals surface area contributed by atoms with Crippen molar-refractivity contribution in [3.05, 3.63) is 23.8 Å². The van der Waals surface area contributed by atoms with Crippen LogP contribution >= 0.6 is 0 Å². The summed E-state index contributed by atoms with van der Waals surface area (Å²) in [5.41, 5.74) is 10.8. The van der Waals surface area contributed by atoms with E-state index in [2.05, 4.69) is 25.5 Å². The molecule has 0 amide bonds. The molecule has 42 heavy (non-hydrogen) atoms. The van der Waals surface area contributed by atoms with E-state index in [0.29, 0.717) is 29.1 Å². The van der Waals surface area contributed by atoms with Gasteiger partial charge in [-0.15, -0.1) is 0 Å². The summed E-state index contributed by atoms with van der Waals surface area (Å²) in [7, 11) is 0. The van der Waals surface area contributed by atoms with Crippen LogP contribution in [0.3, 0.4) is 0 Å². The minimum absolute atomic E-state index is 0.134. The molecule has 5 rings (SSSR count). The Labute approximate surface area is 250 Å². The van der Waals surface area contributed by atoms with Crippen molar-refractivity contribution in [1.29, 1.82) is 0 Å². The van der Waals surface area contributed by atoms with Gasteiger partial charge in [0.1, 0.15) is 0 Å². The average molecular weight is 595 g/mol. The van der Waals surface area contributed by atoms with Crippen LogP contribution in [0.5, 0.6) is 0 Å². The fourth-order valence-electron chi connectivity index (χ4n) is 10.7. The van der Waals surface area contributed by atoms with E-state index in [1.165, 1.54) is 64.2 Å². The smallest absolute Gasteiger partial charge is 0.399 e. The fraction of sp³-hybridized carbons (Fsp3) is 0.829. The number of ether oxygens (including phenoxy) is 1. The number of fused-ring (bicyclic) bond motifs is 5. The molecule has 0 saturated heterocycles. The largest absolute Gasteiger partial charge is 0.424 e. The maximum Gasteiger partial charge on any atom is 0.424 e. The molecule has 0 bridgehead atoms. The van der Waals surface area contributed by atoms with Gasteiger partial charge in [-0.1, -0.05) is 53.4 Å². The minimum Gasteiger partial charge on any atom is -0.399 e. The van der Waals surface area contributed by atoms with Crippen LogP contribution in [0.15, 0.2) is 18.2 Å². The molecule has 4 N–H and O–H groups in total. The van der Waals surface area contributed by atoms with Crippen molar-refractivity contribution in [3.8, 4) is 0 Å². The van der Waals surface area contributed by atoms with E-state index in [4.69, 9.17) is 11.5 Å². The van der Waals surface area contributed by atoms with E-state index in [1.807, 2.05) is 0 Å². The number of hydrogen-bond donors (Lipinski definition) is 2. The summed E-state index contributed by atoms with van der Waals surface area (Å²) in [5, 5.41) is 0. The highest BCUT2D eigenvalue weighted by Crippen LogP contribution is 2.68. The zero-order chi connectivity index (χ0) is 30.5. The summed E-state index contributed by atoms with van der Waals surface area (Å²) in [6.07, 6.45) is 11.9. The van der Waals surface area contributed by atoms with Gasteiger partial charge >= 0.3 is 12.0 Å². The number of benzene rings is 1. The highest BCUT2D eigenvalue weighted by Gasteiger charge is 2.61. The predicted molar refractivity (Wildman–Crippen MR) is 162 cm³/mol. The number of hydrogen-bond acceptors (Lipinski definition) is 3. The number of alkyl halides is 4. The molecule has 3 nitrogen and oxygen atoms in total. The van der Waals surface area contributed by atoms with Crippen LogP contribution in [0, 0.1) is 52.3 Å².